The molecule has 8 heteroatoms. The Morgan fingerprint density at radius 2 is 1.76 bits per heavy atom. The molecule has 3 amide bonds. The third-order valence-electron chi connectivity index (χ3n) is 5.08. The Balaban J connectivity index is 2.49. The third kappa shape index (κ3) is 4.36. The average Bonchev–Trinajstić information content (AvgIpc) is 2.85. The number of aromatic hydroxyl groups is 1. The molecule has 1 aromatic carbocycles. The molecule has 1 aliphatic rings. The smallest absolute Gasteiger partial charge is 0.279 e. The molecule has 0 unspecified atom stereocenters. The number of phenolic OH excluding ortho intramolecular Hbond substituents is 1. The van der Waals surface area contributed by atoms with Crippen molar-refractivity contribution in [1.29, 1.82) is 0 Å². The number of carbonyl (C=O) groups excluding carboxylic acids is 3. The van der Waals surface area contributed by atoms with Crippen LogP contribution in [0.5, 0.6) is 5.75 Å². The SMILES string of the molecule is CCN1C(=O)C(Nc2cccc(C(=O)N(C)C)c2O)=C(N[C@@H](C)C(C)(C)C)C1=O. The van der Waals surface area contributed by atoms with E-state index in [9.17, 15) is 19.5 Å². The normalized spacial score (nSPS) is 15.6. The van der Waals surface area contributed by atoms with Crippen LogP contribution in [0.1, 0.15) is 45.0 Å². The van der Waals surface area contributed by atoms with Gasteiger partial charge in [-0.25, -0.2) is 0 Å². The van der Waals surface area contributed by atoms with Crippen molar-refractivity contribution in [3.63, 3.8) is 0 Å². The largest absolute Gasteiger partial charge is 0.505 e. The summed E-state index contributed by atoms with van der Waals surface area (Å²) in [7, 11) is 3.16. The zero-order chi connectivity index (χ0) is 22.1. The number of nitrogens with one attached hydrogen (secondary N) is 2. The first kappa shape index (κ1) is 22.3. The highest BCUT2D eigenvalue weighted by molar-refractivity contribution is 6.20. The molecule has 2 rings (SSSR count). The van der Waals surface area contributed by atoms with Crippen molar-refractivity contribution in [2.45, 2.75) is 40.7 Å². The molecule has 8 nitrogen and oxygen atoms in total. The molecule has 0 fully saturated rings. The number of benzene rings is 1. The van der Waals surface area contributed by atoms with E-state index in [4.69, 9.17) is 0 Å². The number of carbonyl (C=O) groups is 3. The quantitative estimate of drug-likeness (QED) is 0.498. The summed E-state index contributed by atoms with van der Waals surface area (Å²) < 4.78 is 0. The average molecular weight is 402 g/mol. The van der Waals surface area contributed by atoms with E-state index in [2.05, 4.69) is 10.6 Å². The van der Waals surface area contributed by atoms with E-state index >= 15 is 0 Å². The van der Waals surface area contributed by atoms with Crippen LogP contribution in [0.3, 0.4) is 0 Å². The predicted octanol–water partition coefficient (Wildman–Crippen LogP) is 2.13. The lowest BCUT2D eigenvalue weighted by Crippen LogP contribution is -2.40. The minimum absolute atomic E-state index is 0.0534. The van der Waals surface area contributed by atoms with Gasteiger partial charge in [-0.15, -0.1) is 0 Å². The van der Waals surface area contributed by atoms with E-state index in [1.165, 1.54) is 11.0 Å². The summed E-state index contributed by atoms with van der Waals surface area (Å²) in [6.45, 7) is 9.96. The molecule has 0 aliphatic carbocycles. The molecule has 0 saturated carbocycles. The molecule has 3 N–H and O–H groups in total. The fraction of sp³-hybridized carbons (Fsp3) is 0.476. The molecule has 0 radical (unpaired) electrons. The fourth-order valence-corrected chi connectivity index (χ4v) is 2.74. The van der Waals surface area contributed by atoms with Crippen molar-refractivity contribution >= 4 is 23.4 Å². The minimum atomic E-state index is -0.482. The number of imide groups is 1. The predicted molar refractivity (Wildman–Crippen MR) is 111 cm³/mol. The number of anilines is 1. The molecular weight excluding hydrogens is 372 g/mol. The molecule has 0 saturated heterocycles. The van der Waals surface area contributed by atoms with Gasteiger partial charge in [-0.3, -0.25) is 19.3 Å². The molecule has 1 aliphatic heterocycles. The van der Waals surface area contributed by atoms with Gasteiger partial charge < -0.3 is 20.6 Å². The molecular formula is C21H30N4O4. The summed E-state index contributed by atoms with van der Waals surface area (Å²) in [6.07, 6.45) is 0. The van der Waals surface area contributed by atoms with Crippen LogP contribution in [-0.2, 0) is 9.59 Å². The number of hydrogen-bond acceptors (Lipinski definition) is 6. The maximum absolute atomic E-state index is 12.8. The lowest BCUT2D eigenvalue weighted by atomic mass is 9.88. The Bertz CT molecular complexity index is 868. The standard InChI is InChI=1S/C21H30N4O4/c1-8-25-19(28)15(22-12(2)21(3,4)5)16(20(25)29)23-14-11-9-10-13(17(14)26)18(27)24(6)7/h9-12,22-23,26H,8H2,1-7H3/t12-/m0/s1. The maximum Gasteiger partial charge on any atom is 0.279 e. The molecule has 1 aromatic rings. The summed E-state index contributed by atoms with van der Waals surface area (Å²) >= 11 is 0. The van der Waals surface area contributed by atoms with Gasteiger partial charge in [0.15, 0.2) is 5.75 Å². The zero-order valence-corrected chi connectivity index (χ0v) is 18.1. The monoisotopic (exact) mass is 402 g/mol. The number of hydrogen-bond donors (Lipinski definition) is 3. The number of nitrogens with zero attached hydrogens (tertiary/aromatic N) is 2. The second kappa shape index (κ2) is 8.14. The van der Waals surface area contributed by atoms with Gasteiger partial charge in [0.05, 0.1) is 11.3 Å². The highest BCUT2D eigenvalue weighted by atomic mass is 16.3. The van der Waals surface area contributed by atoms with Crippen LogP contribution in [0.15, 0.2) is 29.6 Å². The molecule has 0 aromatic heterocycles. The molecule has 1 atom stereocenters. The van der Waals surface area contributed by atoms with Crippen molar-refractivity contribution < 1.29 is 19.5 Å². The van der Waals surface area contributed by atoms with E-state index in [0.717, 1.165) is 4.90 Å². The van der Waals surface area contributed by atoms with Crippen LogP contribution in [0.2, 0.25) is 0 Å². The fourth-order valence-electron chi connectivity index (χ4n) is 2.74. The van der Waals surface area contributed by atoms with Crippen molar-refractivity contribution in [3.8, 4) is 5.75 Å². The Morgan fingerprint density at radius 1 is 1.17 bits per heavy atom. The Hall–Kier alpha value is -3.03. The summed E-state index contributed by atoms with van der Waals surface area (Å²) in [5, 5.41) is 16.6. The van der Waals surface area contributed by atoms with Crippen LogP contribution in [0.4, 0.5) is 5.69 Å². The number of para-hydroxylation sites is 1. The highest BCUT2D eigenvalue weighted by Crippen LogP contribution is 2.32. The van der Waals surface area contributed by atoms with Gasteiger partial charge in [0.2, 0.25) is 0 Å². The number of phenols is 1. The summed E-state index contributed by atoms with van der Waals surface area (Å²) in [5.41, 5.74) is 0.332. The number of amides is 3. The summed E-state index contributed by atoms with van der Waals surface area (Å²) in [6, 6.07) is 4.55. The molecule has 1 heterocycles. The first-order valence-electron chi connectivity index (χ1n) is 9.57. The first-order valence-corrected chi connectivity index (χ1v) is 9.57. The molecule has 29 heavy (non-hydrogen) atoms. The number of likely N-dealkylation sites (N-methyl/N-ethyl adjacent to an activating group) is 1. The lowest BCUT2D eigenvalue weighted by molar-refractivity contribution is -0.137. The Labute approximate surface area is 171 Å². The zero-order valence-electron chi connectivity index (χ0n) is 18.1. The van der Waals surface area contributed by atoms with E-state index in [-0.39, 0.29) is 52.3 Å². The van der Waals surface area contributed by atoms with Gasteiger partial charge in [-0.1, -0.05) is 26.8 Å². The molecule has 0 bridgehead atoms. The van der Waals surface area contributed by atoms with Gasteiger partial charge >= 0.3 is 0 Å². The number of rotatable bonds is 6. The maximum atomic E-state index is 12.8. The second-order valence-corrected chi connectivity index (χ2v) is 8.36. The lowest BCUT2D eigenvalue weighted by Gasteiger charge is -2.29. The van der Waals surface area contributed by atoms with Crippen molar-refractivity contribution in [3.05, 3.63) is 35.2 Å². The van der Waals surface area contributed by atoms with Gasteiger partial charge in [0.1, 0.15) is 11.4 Å². The van der Waals surface area contributed by atoms with Crippen LogP contribution >= 0.6 is 0 Å². The third-order valence-corrected chi connectivity index (χ3v) is 5.08. The van der Waals surface area contributed by atoms with Crippen LogP contribution in [0.25, 0.3) is 0 Å². The van der Waals surface area contributed by atoms with E-state index in [1.807, 2.05) is 27.7 Å². The first-order chi connectivity index (χ1) is 13.4. The van der Waals surface area contributed by atoms with Crippen LogP contribution in [0, 0.1) is 5.41 Å². The van der Waals surface area contributed by atoms with Crippen molar-refractivity contribution in [1.82, 2.24) is 15.1 Å². The van der Waals surface area contributed by atoms with E-state index in [1.54, 1.807) is 33.2 Å². The van der Waals surface area contributed by atoms with Gasteiger partial charge in [-0.05, 0) is 31.4 Å². The summed E-state index contributed by atoms with van der Waals surface area (Å²) in [5.74, 6) is -1.55. The van der Waals surface area contributed by atoms with E-state index in [0.29, 0.717) is 0 Å². The Kier molecular flexibility index (Phi) is 6.25. The second-order valence-electron chi connectivity index (χ2n) is 8.36. The van der Waals surface area contributed by atoms with Crippen LogP contribution in [-0.4, -0.2) is 59.3 Å². The molecule has 0 spiro atoms. The van der Waals surface area contributed by atoms with Crippen LogP contribution < -0.4 is 10.6 Å². The van der Waals surface area contributed by atoms with Gasteiger partial charge in [0, 0.05) is 26.7 Å². The molecule has 158 valence electrons. The van der Waals surface area contributed by atoms with Crippen molar-refractivity contribution in [2.75, 3.05) is 26.0 Å². The summed E-state index contributed by atoms with van der Waals surface area (Å²) in [4.78, 5) is 40.4. The topological polar surface area (TPSA) is 102 Å². The van der Waals surface area contributed by atoms with Gasteiger partial charge in [-0.2, -0.15) is 0 Å². The van der Waals surface area contributed by atoms with Gasteiger partial charge in [0.25, 0.3) is 17.7 Å². The minimum Gasteiger partial charge on any atom is -0.505 e. The highest BCUT2D eigenvalue weighted by Gasteiger charge is 2.39. The van der Waals surface area contributed by atoms with E-state index < -0.39 is 11.8 Å². The van der Waals surface area contributed by atoms with Crippen molar-refractivity contribution in [2.24, 2.45) is 5.41 Å². The Morgan fingerprint density at radius 3 is 2.28 bits per heavy atom.